The van der Waals surface area contributed by atoms with E-state index in [2.05, 4.69) is 27.2 Å². The molecule has 130 valence electrons. The average Bonchev–Trinajstić information content (AvgIpc) is 2.63. The molecular weight excluding hydrogens is 316 g/mol. The molecule has 25 heavy (non-hydrogen) atoms. The van der Waals surface area contributed by atoms with Crippen molar-refractivity contribution >= 4 is 23.7 Å². The molecule has 0 aliphatic heterocycles. The number of benzene rings is 1. The lowest BCUT2D eigenvalue weighted by Crippen LogP contribution is -2.21. The van der Waals surface area contributed by atoms with Gasteiger partial charge in [-0.25, -0.2) is 0 Å². The number of carbonyl (C=O) groups excluding carboxylic acids is 2. The summed E-state index contributed by atoms with van der Waals surface area (Å²) in [5, 5.41) is 5.39. The van der Waals surface area contributed by atoms with Crippen LogP contribution in [0.3, 0.4) is 0 Å². The van der Waals surface area contributed by atoms with Crippen LogP contribution in [-0.2, 0) is 0 Å². The minimum atomic E-state index is -0.309. The highest BCUT2D eigenvalue weighted by Crippen LogP contribution is 2.09. The second-order valence-electron chi connectivity index (χ2n) is 4.97. The molecule has 2 amide bonds. The number of aliphatic imine (C=N–C) groups is 1. The molecule has 6 nitrogen and oxygen atoms in total. The number of aromatic nitrogens is 1. The van der Waals surface area contributed by atoms with Gasteiger partial charge in [-0.15, -0.1) is 0 Å². The van der Waals surface area contributed by atoms with E-state index >= 15 is 0 Å². The zero-order valence-electron chi connectivity index (χ0n) is 13.8. The third kappa shape index (κ3) is 5.54. The van der Waals surface area contributed by atoms with Gasteiger partial charge in [0, 0.05) is 50.2 Å². The van der Waals surface area contributed by atoms with Gasteiger partial charge in [-0.1, -0.05) is 6.58 Å². The molecular formula is C19H22N4O2. The molecule has 0 bridgehead atoms. The first-order chi connectivity index (χ1) is 12.1. The quantitative estimate of drug-likeness (QED) is 0.622. The maximum absolute atomic E-state index is 12.2. The van der Waals surface area contributed by atoms with Gasteiger partial charge in [0.2, 0.25) is 0 Å². The van der Waals surface area contributed by atoms with E-state index in [0.717, 1.165) is 0 Å². The third-order valence-electron chi connectivity index (χ3n) is 3.13. The Bertz CT molecular complexity index is 819. The van der Waals surface area contributed by atoms with Crippen LogP contribution in [0.1, 0.15) is 30.5 Å². The molecule has 1 aromatic heterocycles. The van der Waals surface area contributed by atoms with Crippen LogP contribution in [0.5, 0.6) is 0 Å². The fourth-order valence-electron chi connectivity index (χ4n) is 1.89. The Morgan fingerprint density at radius 1 is 1.08 bits per heavy atom. The molecule has 0 spiro atoms. The Morgan fingerprint density at radius 3 is 2.28 bits per heavy atom. The molecule has 2 N–H and O–H groups in total. The fraction of sp³-hybridized carbons (Fsp3) is 0.0526. The largest absolute Gasteiger partial charge is 0.322 e. The number of anilines is 1. The molecule has 0 unspecified atom stereocenters. The summed E-state index contributed by atoms with van der Waals surface area (Å²) < 4.78 is 0. The zero-order chi connectivity index (χ0) is 18.1. The van der Waals surface area contributed by atoms with Crippen molar-refractivity contribution < 1.29 is 12.4 Å². The summed E-state index contributed by atoms with van der Waals surface area (Å²) in [4.78, 5) is 32.0. The van der Waals surface area contributed by atoms with E-state index in [0.29, 0.717) is 22.5 Å². The van der Waals surface area contributed by atoms with Crippen LogP contribution in [-0.4, -0.2) is 23.0 Å². The van der Waals surface area contributed by atoms with Gasteiger partial charge in [0.15, 0.2) is 0 Å². The zero-order valence-corrected chi connectivity index (χ0v) is 13.8. The first-order valence-electron chi connectivity index (χ1n) is 7.56. The molecule has 0 saturated carbocycles. The predicted octanol–water partition coefficient (Wildman–Crippen LogP) is 3.67. The van der Waals surface area contributed by atoms with E-state index in [4.69, 9.17) is 0 Å². The van der Waals surface area contributed by atoms with Crippen LogP contribution < -0.4 is 10.6 Å². The van der Waals surface area contributed by atoms with Crippen LogP contribution in [0.4, 0.5) is 5.69 Å². The molecule has 2 aromatic rings. The maximum atomic E-state index is 12.2. The second-order valence-corrected chi connectivity index (χ2v) is 4.97. The van der Waals surface area contributed by atoms with Gasteiger partial charge in [-0.2, -0.15) is 0 Å². The molecule has 0 radical (unpaired) electrons. The highest BCUT2D eigenvalue weighted by molar-refractivity contribution is 6.05. The normalized spacial score (nSPS) is 10.8. The van der Waals surface area contributed by atoms with Crippen LogP contribution in [0.25, 0.3) is 0 Å². The number of nitrogens with zero attached hydrogens (tertiary/aromatic N) is 2. The number of nitrogens with one attached hydrogen (secondary N) is 2. The van der Waals surface area contributed by atoms with Crippen LogP contribution >= 0.6 is 0 Å². The highest BCUT2D eigenvalue weighted by atomic mass is 16.2. The molecule has 0 aliphatic rings. The van der Waals surface area contributed by atoms with Gasteiger partial charge in [0.05, 0.1) is 0 Å². The predicted molar refractivity (Wildman–Crippen MR) is 103 cm³/mol. The van der Waals surface area contributed by atoms with Crippen molar-refractivity contribution in [2.75, 3.05) is 5.32 Å². The highest BCUT2D eigenvalue weighted by Gasteiger charge is 2.09. The summed E-state index contributed by atoms with van der Waals surface area (Å²) in [6.45, 7) is 5.51. The standard InChI is InChI=1S/C19H18N4O2.2H2/c1-3-20-11-8-14(2)22-18(24)15-4-6-16(7-5-15)19(25)23-17-9-12-21-13-10-17;;/h3-13H,2H2,1H3,(H,22,24)(H,21,23,25);2*1H/b11-8-,20-3?;;. The van der Waals surface area contributed by atoms with Crippen molar-refractivity contribution in [1.82, 2.24) is 10.3 Å². The lowest BCUT2D eigenvalue weighted by atomic mass is 10.1. The number of hydrogen-bond donors (Lipinski definition) is 2. The van der Waals surface area contributed by atoms with Gasteiger partial charge in [0.1, 0.15) is 0 Å². The van der Waals surface area contributed by atoms with Crippen molar-refractivity contribution in [1.29, 1.82) is 0 Å². The minimum absolute atomic E-state index is 0. The summed E-state index contributed by atoms with van der Waals surface area (Å²) in [6, 6.07) is 9.73. The molecule has 0 fully saturated rings. The van der Waals surface area contributed by atoms with E-state index in [9.17, 15) is 9.59 Å². The Kier molecular flexibility index (Phi) is 6.36. The maximum Gasteiger partial charge on any atom is 0.255 e. The number of allylic oxidation sites excluding steroid dienone is 1. The van der Waals surface area contributed by atoms with Crippen LogP contribution in [0.15, 0.2) is 78.3 Å². The molecule has 1 aromatic carbocycles. The van der Waals surface area contributed by atoms with E-state index < -0.39 is 0 Å². The van der Waals surface area contributed by atoms with Crippen molar-refractivity contribution in [2.45, 2.75) is 6.92 Å². The van der Waals surface area contributed by atoms with E-state index in [-0.39, 0.29) is 14.7 Å². The number of amides is 2. The van der Waals surface area contributed by atoms with Gasteiger partial charge >= 0.3 is 0 Å². The summed E-state index contributed by atoms with van der Waals surface area (Å²) in [6.07, 6.45) is 7.94. The van der Waals surface area contributed by atoms with Gasteiger partial charge < -0.3 is 10.6 Å². The summed E-state index contributed by atoms with van der Waals surface area (Å²) in [5.41, 5.74) is 1.95. The topological polar surface area (TPSA) is 83.5 Å². The first kappa shape index (κ1) is 17.8. The number of rotatable bonds is 6. The smallest absolute Gasteiger partial charge is 0.255 e. The molecule has 0 atom stereocenters. The number of carbonyl (C=O) groups is 2. The Labute approximate surface area is 149 Å². The third-order valence-corrected chi connectivity index (χ3v) is 3.13. The molecule has 2 rings (SSSR count). The van der Waals surface area contributed by atoms with E-state index in [1.807, 2.05) is 0 Å². The summed E-state index contributed by atoms with van der Waals surface area (Å²) >= 11 is 0. The Balaban J connectivity index is 0.00000338. The fourth-order valence-corrected chi connectivity index (χ4v) is 1.89. The van der Waals surface area contributed by atoms with Crippen LogP contribution in [0, 0.1) is 0 Å². The van der Waals surface area contributed by atoms with E-state index in [1.54, 1.807) is 68.0 Å². The first-order valence-corrected chi connectivity index (χ1v) is 7.56. The molecule has 6 heteroatoms. The SMILES string of the molecule is C=C(/C=C\N=CC)NC(=O)c1ccc(C(=O)Nc2ccncc2)cc1.[HH].[HH]. The van der Waals surface area contributed by atoms with Gasteiger partial charge in [-0.3, -0.25) is 19.6 Å². The second kappa shape index (κ2) is 8.93. The lowest BCUT2D eigenvalue weighted by molar-refractivity contribution is 0.0965. The van der Waals surface area contributed by atoms with E-state index in [1.165, 1.54) is 6.20 Å². The molecule has 1 heterocycles. The number of pyridine rings is 1. The minimum Gasteiger partial charge on any atom is -0.322 e. The summed E-state index contributed by atoms with van der Waals surface area (Å²) in [5.74, 6) is -0.570. The lowest BCUT2D eigenvalue weighted by Gasteiger charge is -2.07. The van der Waals surface area contributed by atoms with Crippen LogP contribution in [0.2, 0.25) is 0 Å². The van der Waals surface area contributed by atoms with Gasteiger partial charge in [-0.05, 0) is 49.4 Å². The van der Waals surface area contributed by atoms with Crippen molar-refractivity contribution in [2.24, 2.45) is 4.99 Å². The molecule has 0 aliphatic carbocycles. The Morgan fingerprint density at radius 2 is 1.68 bits per heavy atom. The van der Waals surface area contributed by atoms with Gasteiger partial charge in [0.25, 0.3) is 11.8 Å². The average molecular weight is 338 g/mol. The monoisotopic (exact) mass is 338 g/mol. The van der Waals surface area contributed by atoms with Crippen molar-refractivity contribution in [3.63, 3.8) is 0 Å². The molecule has 0 saturated heterocycles. The Hall–Kier alpha value is -3.54. The summed E-state index contributed by atoms with van der Waals surface area (Å²) in [7, 11) is 0. The van der Waals surface area contributed by atoms with Crippen molar-refractivity contribution in [3.05, 3.63) is 84.5 Å². The van der Waals surface area contributed by atoms with Crippen molar-refractivity contribution in [3.8, 4) is 0 Å². The number of hydrogen-bond acceptors (Lipinski definition) is 4.